The fourth-order valence-corrected chi connectivity index (χ4v) is 3.09. The van der Waals surface area contributed by atoms with Gasteiger partial charge in [-0.25, -0.2) is 4.79 Å². The van der Waals surface area contributed by atoms with Gasteiger partial charge in [0, 0.05) is 4.88 Å². The monoisotopic (exact) mass is 337 g/mol. The summed E-state index contributed by atoms with van der Waals surface area (Å²) in [6, 6.07) is 8.53. The molecular weight excluding hydrogens is 322 g/mol. The lowest BCUT2D eigenvalue weighted by Crippen LogP contribution is -2.14. The van der Waals surface area contributed by atoms with E-state index in [1.807, 2.05) is 6.92 Å². The summed E-state index contributed by atoms with van der Waals surface area (Å²) in [5, 5.41) is 3.61. The molecule has 2 aromatic rings. The Kier molecular flexibility index (Phi) is 5.57. The van der Waals surface area contributed by atoms with Crippen LogP contribution in [0.5, 0.6) is 0 Å². The van der Waals surface area contributed by atoms with Gasteiger partial charge in [-0.3, -0.25) is 4.79 Å². The van der Waals surface area contributed by atoms with Gasteiger partial charge in [0.15, 0.2) is 0 Å². The predicted octanol–water partition coefficient (Wildman–Crippen LogP) is 4.39. The zero-order valence-corrected chi connectivity index (χ0v) is 13.9. The maximum Gasteiger partial charge on any atom is 0.341 e. The standard InChI is InChI=1S/C16H16ClNO3S/c1-3-10-9-12(16(20)21-4-2)15(22-10)18-14(19)11-7-5-6-8-13(11)17/h5-9H,3-4H2,1-2H3,(H,18,19). The van der Waals surface area contributed by atoms with Gasteiger partial charge in [-0.15, -0.1) is 11.3 Å². The van der Waals surface area contributed by atoms with Gasteiger partial charge >= 0.3 is 5.97 Å². The van der Waals surface area contributed by atoms with Gasteiger partial charge in [0.2, 0.25) is 0 Å². The highest BCUT2D eigenvalue weighted by atomic mass is 35.5. The van der Waals surface area contributed by atoms with Crippen molar-refractivity contribution in [2.24, 2.45) is 0 Å². The minimum atomic E-state index is -0.437. The third-order valence-corrected chi connectivity index (χ3v) is 4.50. The van der Waals surface area contributed by atoms with Crippen molar-refractivity contribution in [1.29, 1.82) is 0 Å². The van der Waals surface area contributed by atoms with E-state index in [0.717, 1.165) is 11.3 Å². The molecule has 0 spiro atoms. The first-order chi connectivity index (χ1) is 10.6. The predicted molar refractivity (Wildman–Crippen MR) is 89.1 cm³/mol. The number of anilines is 1. The van der Waals surface area contributed by atoms with Crippen LogP contribution in [-0.4, -0.2) is 18.5 Å². The van der Waals surface area contributed by atoms with Crippen LogP contribution in [0.2, 0.25) is 5.02 Å². The van der Waals surface area contributed by atoms with Crippen LogP contribution in [-0.2, 0) is 11.2 Å². The van der Waals surface area contributed by atoms with Crippen molar-refractivity contribution >= 4 is 39.8 Å². The Morgan fingerprint density at radius 3 is 2.59 bits per heavy atom. The molecule has 1 heterocycles. The Morgan fingerprint density at radius 1 is 1.23 bits per heavy atom. The molecule has 1 aromatic carbocycles. The first kappa shape index (κ1) is 16.5. The molecule has 2 rings (SSSR count). The van der Waals surface area contributed by atoms with E-state index < -0.39 is 5.97 Å². The molecule has 0 bridgehead atoms. The summed E-state index contributed by atoms with van der Waals surface area (Å²) >= 11 is 7.39. The molecule has 0 unspecified atom stereocenters. The van der Waals surface area contributed by atoms with Crippen molar-refractivity contribution in [1.82, 2.24) is 0 Å². The highest BCUT2D eigenvalue weighted by molar-refractivity contribution is 7.16. The lowest BCUT2D eigenvalue weighted by molar-refractivity contribution is 0.0528. The summed E-state index contributed by atoms with van der Waals surface area (Å²) in [5.41, 5.74) is 0.745. The van der Waals surface area contributed by atoms with Crippen molar-refractivity contribution in [3.63, 3.8) is 0 Å². The third-order valence-electron chi connectivity index (χ3n) is 2.97. The minimum Gasteiger partial charge on any atom is -0.462 e. The highest BCUT2D eigenvalue weighted by Gasteiger charge is 2.19. The molecule has 0 aliphatic rings. The fraction of sp³-hybridized carbons (Fsp3) is 0.250. The van der Waals surface area contributed by atoms with Crippen LogP contribution in [0.3, 0.4) is 0 Å². The normalized spacial score (nSPS) is 10.3. The zero-order chi connectivity index (χ0) is 16.1. The average Bonchev–Trinajstić information content (AvgIpc) is 2.91. The summed E-state index contributed by atoms with van der Waals surface area (Å²) in [6.07, 6.45) is 0.777. The summed E-state index contributed by atoms with van der Waals surface area (Å²) in [6.45, 7) is 4.02. The van der Waals surface area contributed by atoms with Crippen molar-refractivity contribution < 1.29 is 14.3 Å². The first-order valence-corrected chi connectivity index (χ1v) is 8.12. The number of halogens is 1. The molecule has 0 saturated heterocycles. The molecule has 0 aliphatic carbocycles. The van der Waals surface area contributed by atoms with E-state index in [-0.39, 0.29) is 12.5 Å². The number of aryl methyl sites for hydroxylation is 1. The van der Waals surface area contributed by atoms with Crippen LogP contribution in [0.15, 0.2) is 30.3 Å². The van der Waals surface area contributed by atoms with Crippen molar-refractivity contribution in [3.05, 3.63) is 51.4 Å². The van der Waals surface area contributed by atoms with E-state index in [9.17, 15) is 9.59 Å². The zero-order valence-electron chi connectivity index (χ0n) is 12.3. The number of esters is 1. The minimum absolute atomic E-state index is 0.286. The topological polar surface area (TPSA) is 55.4 Å². The first-order valence-electron chi connectivity index (χ1n) is 6.92. The number of nitrogens with one attached hydrogen (secondary N) is 1. The SMILES string of the molecule is CCOC(=O)c1cc(CC)sc1NC(=O)c1ccccc1Cl. The second-order valence-electron chi connectivity index (χ2n) is 4.46. The quantitative estimate of drug-likeness (QED) is 0.823. The van der Waals surface area contributed by atoms with Gasteiger partial charge in [-0.2, -0.15) is 0 Å². The van der Waals surface area contributed by atoms with E-state index in [4.69, 9.17) is 16.3 Å². The smallest absolute Gasteiger partial charge is 0.341 e. The molecule has 0 saturated carbocycles. The molecular formula is C16H16ClNO3S. The van der Waals surface area contributed by atoms with Crippen LogP contribution < -0.4 is 5.32 Å². The summed E-state index contributed by atoms with van der Waals surface area (Å²) in [4.78, 5) is 25.3. The van der Waals surface area contributed by atoms with Gasteiger partial charge < -0.3 is 10.1 Å². The van der Waals surface area contributed by atoms with E-state index in [1.165, 1.54) is 11.3 Å². The molecule has 0 atom stereocenters. The number of hydrogen-bond donors (Lipinski definition) is 1. The third kappa shape index (κ3) is 3.67. The van der Waals surface area contributed by atoms with Gasteiger partial charge in [-0.05, 0) is 31.5 Å². The van der Waals surface area contributed by atoms with Gasteiger partial charge in [0.25, 0.3) is 5.91 Å². The highest BCUT2D eigenvalue weighted by Crippen LogP contribution is 2.30. The Bertz CT molecular complexity index is 696. The van der Waals surface area contributed by atoms with Crippen LogP contribution in [0.25, 0.3) is 0 Å². The van der Waals surface area contributed by atoms with Crippen molar-refractivity contribution in [3.8, 4) is 0 Å². The van der Waals surface area contributed by atoms with Gasteiger partial charge in [-0.1, -0.05) is 30.7 Å². The Hall–Kier alpha value is -1.85. The maximum absolute atomic E-state index is 12.3. The molecule has 116 valence electrons. The molecule has 0 radical (unpaired) electrons. The second kappa shape index (κ2) is 7.42. The van der Waals surface area contributed by atoms with Crippen molar-refractivity contribution in [2.75, 3.05) is 11.9 Å². The molecule has 0 fully saturated rings. The maximum atomic E-state index is 12.3. The number of carbonyl (C=O) groups excluding carboxylic acids is 2. The number of rotatable bonds is 5. The van der Waals surface area contributed by atoms with Crippen LogP contribution in [0, 0.1) is 0 Å². The molecule has 1 N–H and O–H groups in total. The summed E-state index contributed by atoms with van der Waals surface area (Å²) in [5.74, 6) is -0.784. The Labute approximate surface area is 138 Å². The number of thiophene rings is 1. The molecule has 1 amide bonds. The molecule has 4 nitrogen and oxygen atoms in total. The number of ether oxygens (including phenoxy) is 1. The number of carbonyl (C=O) groups is 2. The number of amides is 1. The molecule has 1 aromatic heterocycles. The Morgan fingerprint density at radius 2 is 1.95 bits per heavy atom. The number of benzene rings is 1. The van der Waals surface area contributed by atoms with E-state index >= 15 is 0 Å². The fourth-order valence-electron chi connectivity index (χ4n) is 1.89. The van der Waals surface area contributed by atoms with Crippen LogP contribution >= 0.6 is 22.9 Å². The average molecular weight is 338 g/mol. The molecule has 6 heteroatoms. The summed E-state index contributed by atoms with van der Waals surface area (Å²) < 4.78 is 5.03. The lowest BCUT2D eigenvalue weighted by Gasteiger charge is -2.07. The van der Waals surface area contributed by atoms with Crippen LogP contribution in [0.4, 0.5) is 5.00 Å². The summed E-state index contributed by atoms with van der Waals surface area (Å²) in [7, 11) is 0. The van der Waals surface area contributed by atoms with Gasteiger partial charge in [0.1, 0.15) is 5.00 Å². The Balaban J connectivity index is 2.29. The lowest BCUT2D eigenvalue weighted by atomic mass is 10.2. The van der Waals surface area contributed by atoms with Gasteiger partial charge in [0.05, 0.1) is 22.8 Å². The van der Waals surface area contributed by atoms with Crippen molar-refractivity contribution in [2.45, 2.75) is 20.3 Å². The van der Waals surface area contributed by atoms with Crippen LogP contribution in [0.1, 0.15) is 39.4 Å². The van der Waals surface area contributed by atoms with E-state index in [1.54, 1.807) is 37.3 Å². The van der Waals surface area contributed by atoms with E-state index in [0.29, 0.717) is 21.2 Å². The van der Waals surface area contributed by atoms with E-state index in [2.05, 4.69) is 5.32 Å². The number of hydrogen-bond acceptors (Lipinski definition) is 4. The molecule has 22 heavy (non-hydrogen) atoms. The second-order valence-corrected chi connectivity index (χ2v) is 6.01. The largest absolute Gasteiger partial charge is 0.462 e. The molecule has 0 aliphatic heterocycles.